The lowest BCUT2D eigenvalue weighted by atomic mass is 9.62. The molecular formula is C22H26O2. The fraction of sp³-hybridized carbons (Fsp3) is 0.455. The number of hydrogen-bond acceptors (Lipinski definition) is 2. The van der Waals surface area contributed by atoms with Crippen LogP contribution in [0.15, 0.2) is 22.3 Å². The number of carbonyl (C=O) groups excluding carboxylic acids is 2. The lowest BCUT2D eigenvalue weighted by Crippen LogP contribution is -2.41. The number of hydrogen-bond donors (Lipinski definition) is 0. The van der Waals surface area contributed by atoms with Crippen LogP contribution in [0.5, 0.6) is 0 Å². The number of rotatable bonds is 0. The first-order valence-corrected chi connectivity index (χ1v) is 8.65. The zero-order valence-corrected chi connectivity index (χ0v) is 16.0. The van der Waals surface area contributed by atoms with Crippen molar-refractivity contribution in [3.8, 4) is 0 Å². The highest BCUT2D eigenvalue weighted by Gasteiger charge is 2.47. The second-order valence-corrected chi connectivity index (χ2v) is 7.55. The third kappa shape index (κ3) is 1.89. The molecule has 0 saturated carbocycles. The number of Topliss-reactive ketones (excluding diaryl/α,β-unsaturated/α-hetero) is 2. The molecule has 0 radical (unpaired) electrons. The molecule has 0 fully saturated rings. The third-order valence-corrected chi connectivity index (χ3v) is 6.76. The molecule has 0 bridgehead atoms. The van der Waals surface area contributed by atoms with E-state index in [1.54, 1.807) is 0 Å². The van der Waals surface area contributed by atoms with Crippen LogP contribution < -0.4 is 0 Å². The van der Waals surface area contributed by atoms with E-state index in [1.807, 2.05) is 41.5 Å². The summed E-state index contributed by atoms with van der Waals surface area (Å²) < 4.78 is 0. The minimum absolute atomic E-state index is 0.127. The summed E-state index contributed by atoms with van der Waals surface area (Å²) in [6, 6.07) is 0. The van der Waals surface area contributed by atoms with E-state index in [0.29, 0.717) is 11.1 Å². The summed E-state index contributed by atoms with van der Waals surface area (Å²) in [4.78, 5) is 26.9. The van der Waals surface area contributed by atoms with E-state index >= 15 is 0 Å². The molecule has 0 aliphatic heterocycles. The molecule has 0 N–H and O–H groups in total. The predicted octanol–water partition coefficient (Wildman–Crippen LogP) is 5.22. The van der Waals surface area contributed by atoms with Crippen molar-refractivity contribution in [2.24, 2.45) is 11.8 Å². The zero-order valence-electron chi connectivity index (χ0n) is 16.0. The van der Waals surface area contributed by atoms with Gasteiger partial charge in [-0.05, 0) is 88.8 Å². The summed E-state index contributed by atoms with van der Waals surface area (Å²) in [5.74, 6) is -0.396. The molecule has 2 aliphatic carbocycles. The Morgan fingerprint density at radius 2 is 0.792 bits per heavy atom. The van der Waals surface area contributed by atoms with E-state index in [9.17, 15) is 9.59 Å². The van der Waals surface area contributed by atoms with Crippen LogP contribution in [0, 0.1) is 39.5 Å². The molecule has 3 rings (SSSR count). The predicted molar refractivity (Wildman–Crippen MR) is 97.8 cm³/mol. The van der Waals surface area contributed by atoms with Gasteiger partial charge in [0.1, 0.15) is 0 Å². The van der Waals surface area contributed by atoms with E-state index < -0.39 is 0 Å². The maximum absolute atomic E-state index is 13.4. The van der Waals surface area contributed by atoms with Crippen molar-refractivity contribution < 1.29 is 9.59 Å². The maximum Gasteiger partial charge on any atom is 0.172 e. The van der Waals surface area contributed by atoms with Crippen molar-refractivity contribution in [1.82, 2.24) is 0 Å². The summed E-state index contributed by atoms with van der Waals surface area (Å²) in [5, 5.41) is 0. The second-order valence-electron chi connectivity index (χ2n) is 7.55. The van der Waals surface area contributed by atoms with Crippen LogP contribution in [0.4, 0.5) is 0 Å². The van der Waals surface area contributed by atoms with Crippen molar-refractivity contribution >= 4 is 11.6 Å². The van der Waals surface area contributed by atoms with E-state index in [2.05, 4.69) is 13.8 Å². The molecule has 0 aromatic heterocycles. The van der Waals surface area contributed by atoms with Gasteiger partial charge < -0.3 is 0 Å². The first-order valence-electron chi connectivity index (χ1n) is 8.65. The van der Waals surface area contributed by atoms with Crippen LogP contribution in [0.2, 0.25) is 0 Å². The Bertz CT molecular complexity index is 805. The molecular weight excluding hydrogens is 296 g/mol. The normalized spacial score (nSPS) is 23.7. The Morgan fingerprint density at radius 3 is 1.08 bits per heavy atom. The van der Waals surface area contributed by atoms with E-state index in [1.165, 1.54) is 0 Å². The van der Waals surface area contributed by atoms with Crippen LogP contribution in [0.1, 0.15) is 70.7 Å². The third-order valence-electron chi connectivity index (χ3n) is 6.76. The van der Waals surface area contributed by atoms with Gasteiger partial charge in [-0.25, -0.2) is 0 Å². The minimum Gasteiger partial charge on any atom is -0.293 e. The molecule has 0 heterocycles. The summed E-state index contributed by atoms with van der Waals surface area (Å²) in [6.45, 7) is 16.2. The standard InChI is InChI=1S/C22H26O2/c1-9-10(2)14(6)18-17(13(9)5)21(23)19-15(7)11(3)12(4)16(8)20(19)22(18)24/h17-18H,1-8H3. The van der Waals surface area contributed by atoms with Crippen LogP contribution in [0.25, 0.3) is 0 Å². The molecule has 24 heavy (non-hydrogen) atoms. The van der Waals surface area contributed by atoms with Gasteiger partial charge in [0.25, 0.3) is 0 Å². The number of allylic oxidation sites excluding steroid dienone is 4. The molecule has 2 heteroatoms. The first-order chi connectivity index (χ1) is 11.1. The van der Waals surface area contributed by atoms with Crippen LogP contribution >= 0.6 is 0 Å². The van der Waals surface area contributed by atoms with Crippen LogP contribution in [0.3, 0.4) is 0 Å². The van der Waals surface area contributed by atoms with Crippen molar-refractivity contribution in [2.75, 3.05) is 0 Å². The number of benzene rings is 1. The van der Waals surface area contributed by atoms with Gasteiger partial charge in [-0.2, -0.15) is 0 Å². The van der Waals surface area contributed by atoms with Gasteiger partial charge >= 0.3 is 0 Å². The Hall–Kier alpha value is -1.96. The molecule has 126 valence electrons. The Morgan fingerprint density at radius 1 is 0.500 bits per heavy atom. The number of carbonyl (C=O) groups is 2. The zero-order chi connectivity index (χ0) is 18.1. The summed E-state index contributed by atoms with van der Waals surface area (Å²) in [7, 11) is 0. The Kier molecular flexibility index (Phi) is 3.71. The molecule has 2 aliphatic rings. The lowest BCUT2D eigenvalue weighted by Gasteiger charge is -2.39. The summed E-state index contributed by atoms with van der Waals surface area (Å²) in [6.07, 6.45) is 0. The van der Waals surface area contributed by atoms with Crippen molar-refractivity contribution in [1.29, 1.82) is 0 Å². The Labute approximate surface area is 144 Å². The highest BCUT2D eigenvalue weighted by molar-refractivity contribution is 6.20. The molecule has 2 atom stereocenters. The minimum atomic E-state index is -0.325. The van der Waals surface area contributed by atoms with E-state index in [-0.39, 0.29) is 23.4 Å². The molecule has 0 saturated heterocycles. The van der Waals surface area contributed by atoms with Crippen molar-refractivity contribution in [2.45, 2.75) is 55.4 Å². The Balaban J connectivity index is 2.40. The average Bonchev–Trinajstić information content (AvgIpc) is 2.55. The second kappa shape index (κ2) is 5.27. The lowest BCUT2D eigenvalue weighted by molar-refractivity contribution is 0.0782. The first kappa shape index (κ1) is 16.9. The van der Waals surface area contributed by atoms with Gasteiger partial charge in [0.2, 0.25) is 0 Å². The molecule has 1 aromatic rings. The van der Waals surface area contributed by atoms with E-state index in [4.69, 9.17) is 0 Å². The SMILES string of the molecule is CC1=C(C)C2C(=O)c3c(C)c(C)c(C)c(C)c3C(=O)C2C(C)=C1C. The van der Waals surface area contributed by atoms with Gasteiger partial charge in [-0.15, -0.1) is 0 Å². The van der Waals surface area contributed by atoms with Gasteiger partial charge in [0, 0.05) is 11.1 Å². The van der Waals surface area contributed by atoms with Crippen molar-refractivity contribution in [3.63, 3.8) is 0 Å². The topological polar surface area (TPSA) is 34.1 Å². The fourth-order valence-electron chi connectivity index (χ4n) is 4.49. The van der Waals surface area contributed by atoms with Crippen molar-refractivity contribution in [3.05, 3.63) is 55.7 Å². The van der Waals surface area contributed by atoms with Crippen LogP contribution in [-0.4, -0.2) is 11.6 Å². The molecule has 1 aromatic carbocycles. The quantitative estimate of drug-likeness (QED) is 0.656. The fourth-order valence-corrected chi connectivity index (χ4v) is 4.49. The number of ketones is 2. The highest BCUT2D eigenvalue weighted by Crippen LogP contribution is 2.47. The molecule has 0 amide bonds. The highest BCUT2D eigenvalue weighted by atomic mass is 16.1. The number of fused-ring (bicyclic) bond motifs is 2. The monoisotopic (exact) mass is 322 g/mol. The van der Waals surface area contributed by atoms with Gasteiger partial charge in [-0.3, -0.25) is 9.59 Å². The van der Waals surface area contributed by atoms with Crippen LogP contribution in [-0.2, 0) is 0 Å². The van der Waals surface area contributed by atoms with Gasteiger partial charge in [-0.1, -0.05) is 11.1 Å². The summed E-state index contributed by atoms with van der Waals surface area (Å²) >= 11 is 0. The van der Waals surface area contributed by atoms with E-state index in [0.717, 1.165) is 44.5 Å². The van der Waals surface area contributed by atoms with Gasteiger partial charge in [0.05, 0.1) is 11.8 Å². The molecule has 0 spiro atoms. The average molecular weight is 322 g/mol. The molecule has 2 nitrogen and oxygen atoms in total. The largest absolute Gasteiger partial charge is 0.293 e. The van der Waals surface area contributed by atoms with Gasteiger partial charge in [0.15, 0.2) is 11.6 Å². The molecule has 2 unspecified atom stereocenters. The smallest absolute Gasteiger partial charge is 0.172 e. The maximum atomic E-state index is 13.4. The summed E-state index contributed by atoms with van der Waals surface area (Å²) in [5.41, 5.74) is 9.98.